The topological polar surface area (TPSA) is 45.1 Å². The SMILES string of the molecule is Oc1ccc(NSc2csc(-c3ccc(F)cc3)n2)cc1. The summed E-state index contributed by atoms with van der Waals surface area (Å²) in [4.78, 5) is 4.49. The van der Waals surface area contributed by atoms with Crippen molar-refractivity contribution in [3.63, 3.8) is 0 Å². The van der Waals surface area contributed by atoms with E-state index < -0.39 is 0 Å². The number of nitrogens with one attached hydrogen (secondary N) is 1. The highest BCUT2D eigenvalue weighted by atomic mass is 32.2. The number of benzene rings is 2. The van der Waals surface area contributed by atoms with Gasteiger partial charge in [-0.15, -0.1) is 11.3 Å². The number of phenols is 1. The van der Waals surface area contributed by atoms with Gasteiger partial charge in [-0.3, -0.25) is 0 Å². The number of aromatic nitrogens is 1. The van der Waals surface area contributed by atoms with Gasteiger partial charge in [0.1, 0.15) is 21.6 Å². The summed E-state index contributed by atoms with van der Waals surface area (Å²) in [6.07, 6.45) is 0. The predicted octanol–water partition coefficient (Wildman–Crippen LogP) is 4.77. The highest BCUT2D eigenvalue weighted by Crippen LogP contribution is 2.29. The van der Waals surface area contributed by atoms with Crippen molar-refractivity contribution < 1.29 is 9.50 Å². The molecular weight excluding hydrogens is 307 g/mol. The highest BCUT2D eigenvalue weighted by molar-refractivity contribution is 8.00. The Bertz CT molecular complexity index is 726. The molecule has 3 aromatic rings. The zero-order valence-corrected chi connectivity index (χ0v) is 12.4. The molecule has 106 valence electrons. The Morgan fingerprint density at radius 1 is 1.05 bits per heavy atom. The molecule has 0 bridgehead atoms. The summed E-state index contributed by atoms with van der Waals surface area (Å²) in [7, 11) is 0. The Kier molecular flexibility index (Phi) is 4.08. The molecule has 2 N–H and O–H groups in total. The van der Waals surface area contributed by atoms with Crippen LogP contribution in [0.3, 0.4) is 0 Å². The molecule has 2 aromatic carbocycles. The van der Waals surface area contributed by atoms with Crippen molar-refractivity contribution in [1.82, 2.24) is 4.98 Å². The van der Waals surface area contributed by atoms with Gasteiger partial charge in [-0.05, 0) is 48.5 Å². The molecule has 3 nitrogen and oxygen atoms in total. The van der Waals surface area contributed by atoms with Crippen LogP contribution in [-0.4, -0.2) is 10.1 Å². The van der Waals surface area contributed by atoms with Gasteiger partial charge in [0, 0.05) is 28.6 Å². The Labute approximate surface area is 129 Å². The molecule has 1 aromatic heterocycles. The first-order valence-electron chi connectivity index (χ1n) is 6.14. The Morgan fingerprint density at radius 3 is 2.48 bits per heavy atom. The van der Waals surface area contributed by atoms with Crippen LogP contribution in [0.5, 0.6) is 5.75 Å². The number of anilines is 1. The van der Waals surface area contributed by atoms with Crippen LogP contribution in [0.15, 0.2) is 58.9 Å². The first kappa shape index (κ1) is 13.9. The maximum absolute atomic E-state index is 12.9. The van der Waals surface area contributed by atoms with Crippen molar-refractivity contribution in [2.24, 2.45) is 0 Å². The fourth-order valence-electron chi connectivity index (χ4n) is 1.67. The highest BCUT2D eigenvalue weighted by Gasteiger charge is 2.05. The number of hydrogen-bond acceptors (Lipinski definition) is 5. The second-order valence-corrected chi connectivity index (χ2v) is 5.93. The van der Waals surface area contributed by atoms with E-state index in [1.54, 1.807) is 36.4 Å². The molecule has 0 atom stereocenters. The van der Waals surface area contributed by atoms with Crippen LogP contribution in [0.25, 0.3) is 10.6 Å². The monoisotopic (exact) mass is 318 g/mol. The zero-order valence-electron chi connectivity index (χ0n) is 10.8. The lowest BCUT2D eigenvalue weighted by atomic mass is 10.2. The quantitative estimate of drug-likeness (QED) is 0.537. The minimum absolute atomic E-state index is 0.234. The Balaban J connectivity index is 1.67. The second kappa shape index (κ2) is 6.15. The maximum atomic E-state index is 12.9. The van der Waals surface area contributed by atoms with E-state index in [-0.39, 0.29) is 11.6 Å². The fourth-order valence-corrected chi connectivity index (χ4v) is 3.25. The molecule has 0 saturated carbocycles. The molecule has 0 saturated heterocycles. The minimum atomic E-state index is -0.251. The normalized spacial score (nSPS) is 10.5. The van der Waals surface area contributed by atoms with E-state index in [0.717, 1.165) is 21.3 Å². The van der Waals surface area contributed by atoms with Crippen LogP contribution in [0.2, 0.25) is 0 Å². The third kappa shape index (κ3) is 3.53. The average molecular weight is 318 g/mol. The van der Waals surface area contributed by atoms with Gasteiger partial charge >= 0.3 is 0 Å². The molecule has 0 fully saturated rings. The molecule has 0 spiro atoms. The summed E-state index contributed by atoms with van der Waals surface area (Å²) >= 11 is 2.90. The van der Waals surface area contributed by atoms with E-state index in [9.17, 15) is 9.50 Å². The first-order chi connectivity index (χ1) is 10.2. The first-order valence-corrected chi connectivity index (χ1v) is 7.84. The lowest BCUT2D eigenvalue weighted by Crippen LogP contribution is -1.86. The predicted molar refractivity (Wildman–Crippen MR) is 85.1 cm³/mol. The van der Waals surface area contributed by atoms with E-state index in [4.69, 9.17) is 0 Å². The zero-order chi connectivity index (χ0) is 14.7. The van der Waals surface area contributed by atoms with E-state index >= 15 is 0 Å². The van der Waals surface area contributed by atoms with Crippen LogP contribution >= 0.6 is 23.3 Å². The number of thiazole rings is 1. The fraction of sp³-hybridized carbons (Fsp3) is 0. The third-order valence-electron chi connectivity index (χ3n) is 2.72. The molecule has 1 heterocycles. The van der Waals surface area contributed by atoms with Crippen LogP contribution in [0, 0.1) is 5.82 Å². The molecule has 0 aliphatic heterocycles. The van der Waals surface area contributed by atoms with Gasteiger partial charge in [-0.1, -0.05) is 0 Å². The number of phenolic OH excluding ortho intramolecular Hbond substituents is 1. The number of halogens is 1. The Morgan fingerprint density at radius 2 is 1.76 bits per heavy atom. The van der Waals surface area contributed by atoms with Crippen LogP contribution in [0.4, 0.5) is 10.1 Å². The van der Waals surface area contributed by atoms with Gasteiger partial charge in [0.05, 0.1) is 0 Å². The Hall–Kier alpha value is -2.05. The van der Waals surface area contributed by atoms with Crippen molar-refractivity contribution in [3.05, 3.63) is 59.7 Å². The van der Waals surface area contributed by atoms with Crippen LogP contribution < -0.4 is 4.72 Å². The molecule has 0 unspecified atom stereocenters. The second-order valence-electron chi connectivity index (χ2n) is 4.25. The molecular formula is C15H11FN2OS2. The van der Waals surface area contributed by atoms with E-state index in [0.29, 0.717) is 0 Å². The number of aromatic hydroxyl groups is 1. The summed E-state index contributed by atoms with van der Waals surface area (Å²) in [5.74, 6) is -0.0169. The molecule has 0 aliphatic carbocycles. The van der Waals surface area contributed by atoms with Crippen molar-refractivity contribution in [1.29, 1.82) is 0 Å². The van der Waals surface area contributed by atoms with Crippen LogP contribution in [0.1, 0.15) is 0 Å². The van der Waals surface area contributed by atoms with E-state index in [1.807, 2.05) is 5.38 Å². The number of rotatable bonds is 4. The van der Waals surface area contributed by atoms with E-state index in [2.05, 4.69) is 9.71 Å². The maximum Gasteiger partial charge on any atom is 0.128 e. The summed E-state index contributed by atoms with van der Waals surface area (Å²) in [5.41, 5.74) is 1.78. The lowest BCUT2D eigenvalue weighted by Gasteiger charge is -2.02. The number of hydrogen-bond donors (Lipinski definition) is 2. The van der Waals surface area contributed by atoms with E-state index in [1.165, 1.54) is 35.4 Å². The van der Waals surface area contributed by atoms with Gasteiger partial charge in [-0.2, -0.15) is 0 Å². The van der Waals surface area contributed by atoms with Gasteiger partial charge in [0.2, 0.25) is 0 Å². The van der Waals surface area contributed by atoms with Crippen LogP contribution in [-0.2, 0) is 0 Å². The lowest BCUT2D eigenvalue weighted by molar-refractivity contribution is 0.475. The van der Waals surface area contributed by atoms with Gasteiger partial charge in [0.25, 0.3) is 0 Å². The summed E-state index contributed by atoms with van der Waals surface area (Å²) in [5, 5.41) is 12.9. The van der Waals surface area contributed by atoms with Gasteiger partial charge in [0.15, 0.2) is 0 Å². The molecule has 0 amide bonds. The van der Waals surface area contributed by atoms with Crippen molar-refractivity contribution in [2.45, 2.75) is 5.03 Å². The smallest absolute Gasteiger partial charge is 0.128 e. The average Bonchev–Trinajstić information content (AvgIpc) is 2.96. The van der Waals surface area contributed by atoms with Crippen molar-refractivity contribution in [3.8, 4) is 16.3 Å². The van der Waals surface area contributed by atoms with Gasteiger partial charge < -0.3 is 9.83 Å². The standard InChI is InChI=1S/C15H11FN2OS2/c16-11-3-1-10(2-4-11)15-17-14(9-20-15)21-18-12-5-7-13(19)8-6-12/h1-9,18-19H. The molecule has 21 heavy (non-hydrogen) atoms. The van der Waals surface area contributed by atoms with Gasteiger partial charge in [-0.25, -0.2) is 9.37 Å². The van der Waals surface area contributed by atoms with Crippen molar-refractivity contribution >= 4 is 29.0 Å². The largest absolute Gasteiger partial charge is 0.508 e. The molecule has 0 aliphatic rings. The summed E-state index contributed by atoms with van der Waals surface area (Å²) in [6, 6.07) is 13.1. The molecule has 6 heteroatoms. The third-order valence-corrected chi connectivity index (χ3v) is 4.51. The molecule has 0 radical (unpaired) electrons. The summed E-state index contributed by atoms with van der Waals surface area (Å²) < 4.78 is 16.0. The summed E-state index contributed by atoms with van der Waals surface area (Å²) in [6.45, 7) is 0. The van der Waals surface area contributed by atoms with Crippen molar-refractivity contribution in [2.75, 3.05) is 4.72 Å². The molecule has 3 rings (SSSR count). The number of nitrogens with zero attached hydrogens (tertiary/aromatic N) is 1. The minimum Gasteiger partial charge on any atom is -0.508 e.